The number of hydrogen-bond acceptors (Lipinski definition) is 8. The molecular formula is C27H33F3N4O6S. The van der Waals surface area contributed by atoms with Crippen LogP contribution in [-0.2, 0) is 14.9 Å². The van der Waals surface area contributed by atoms with Crippen molar-refractivity contribution >= 4 is 38.4 Å². The van der Waals surface area contributed by atoms with E-state index >= 15 is 0 Å². The minimum atomic E-state index is -4.76. The summed E-state index contributed by atoms with van der Waals surface area (Å²) in [5, 5.41) is 7.18. The number of likely N-dealkylation sites (N-methyl/N-ethyl adjacent to an activating group) is 1. The number of likely N-dealkylation sites (tertiary alicyclic amines) is 1. The molecule has 1 amide bonds. The van der Waals surface area contributed by atoms with Crippen LogP contribution in [0.4, 0.5) is 24.7 Å². The second-order valence-electron chi connectivity index (χ2n) is 9.45. The average Bonchev–Trinajstić information content (AvgIpc) is 3.33. The van der Waals surface area contributed by atoms with Crippen molar-refractivity contribution < 1.29 is 40.4 Å². The van der Waals surface area contributed by atoms with Crippen molar-refractivity contribution in [3.05, 3.63) is 54.1 Å². The number of rotatable bonds is 9. The smallest absolute Gasteiger partial charge is 0.484 e. The lowest BCUT2D eigenvalue weighted by molar-refractivity contribution is -0.274. The number of amides is 1. The summed E-state index contributed by atoms with van der Waals surface area (Å²) in [4.78, 5) is 19.5. The molecule has 1 aromatic heterocycles. The number of carbonyl (C=O) groups is 1. The third-order valence-electron chi connectivity index (χ3n) is 6.15. The van der Waals surface area contributed by atoms with E-state index in [9.17, 15) is 26.4 Å². The zero-order valence-corrected chi connectivity index (χ0v) is 23.7. The zero-order valence-electron chi connectivity index (χ0n) is 22.9. The highest BCUT2D eigenvalue weighted by atomic mass is 32.2. The van der Waals surface area contributed by atoms with Gasteiger partial charge >= 0.3 is 6.36 Å². The molecule has 0 radical (unpaired) electrons. The van der Waals surface area contributed by atoms with Crippen LogP contribution in [0, 0.1) is 6.92 Å². The maximum Gasteiger partial charge on any atom is 0.573 e. The summed E-state index contributed by atoms with van der Waals surface area (Å²) in [5.74, 6) is 0.322. The number of alkyl halides is 3. The molecule has 0 bridgehead atoms. The van der Waals surface area contributed by atoms with Crippen molar-refractivity contribution in [2.45, 2.75) is 39.1 Å². The molecule has 1 saturated heterocycles. The van der Waals surface area contributed by atoms with E-state index in [-0.39, 0.29) is 18.1 Å². The van der Waals surface area contributed by atoms with E-state index in [1.165, 1.54) is 25.0 Å². The molecule has 0 saturated carbocycles. The van der Waals surface area contributed by atoms with E-state index in [2.05, 4.69) is 27.2 Å². The molecule has 2 heterocycles. The van der Waals surface area contributed by atoms with Gasteiger partial charge in [0.2, 0.25) is 0 Å². The topological polar surface area (TPSA) is 130 Å². The van der Waals surface area contributed by atoms with E-state index < -0.39 is 22.4 Å². The third-order valence-corrected chi connectivity index (χ3v) is 6.15. The maximum atomic E-state index is 12.3. The van der Waals surface area contributed by atoms with Crippen LogP contribution >= 0.6 is 0 Å². The third kappa shape index (κ3) is 11.1. The second-order valence-corrected chi connectivity index (χ2v) is 10.9. The second kappa shape index (κ2) is 13.8. The minimum absolute atomic E-state index is 0.248. The molecule has 0 spiro atoms. The SMILES string of the molecule is CCN1CCCC1CNc1cc(C)c2cc(NC(=O)COc3ccc(OC(F)(F)F)cc3)ccc2n1.CS(=O)(=O)O. The molecule has 1 aliphatic rings. The van der Waals surface area contributed by atoms with Crippen LogP contribution in [-0.4, -0.2) is 73.7 Å². The van der Waals surface area contributed by atoms with Gasteiger partial charge in [0.25, 0.3) is 16.0 Å². The Kier molecular flexibility index (Phi) is 10.8. The molecule has 1 atom stereocenters. The number of carbonyl (C=O) groups excluding carboxylic acids is 1. The highest BCUT2D eigenvalue weighted by molar-refractivity contribution is 7.85. The van der Waals surface area contributed by atoms with Crippen LogP contribution in [0.1, 0.15) is 25.3 Å². The number of aromatic nitrogens is 1. The first kappa shape index (κ1) is 31.9. The average molecular weight is 599 g/mol. The van der Waals surface area contributed by atoms with E-state index in [4.69, 9.17) is 14.3 Å². The Morgan fingerprint density at radius 3 is 2.44 bits per heavy atom. The number of halogens is 3. The molecular weight excluding hydrogens is 565 g/mol. The standard InChI is InChI=1S/C26H29F3N4O3.CH4O3S/c1-3-33-12-4-5-19(33)15-30-24-13-17(2)22-14-18(6-11-23(22)32-24)31-25(34)16-35-20-7-9-21(10-8-20)36-26(27,28)29;1-5(2,3)4/h6-11,13-14,19H,3-5,12,15-16H2,1-2H3,(H,30,32)(H,31,34);1H3,(H,2,3,4). The van der Waals surface area contributed by atoms with Crippen LogP contribution in [0.3, 0.4) is 0 Å². The van der Waals surface area contributed by atoms with Crippen LogP contribution in [0.5, 0.6) is 11.5 Å². The quantitative estimate of drug-likeness (QED) is 0.296. The van der Waals surface area contributed by atoms with Gasteiger partial charge in [0.05, 0.1) is 11.8 Å². The van der Waals surface area contributed by atoms with Crippen LogP contribution in [0.15, 0.2) is 48.5 Å². The van der Waals surface area contributed by atoms with Gasteiger partial charge in [0.15, 0.2) is 6.61 Å². The van der Waals surface area contributed by atoms with Crippen molar-refractivity contribution in [2.75, 3.05) is 43.1 Å². The Bertz CT molecular complexity index is 1430. The number of benzene rings is 2. The van der Waals surface area contributed by atoms with E-state index in [1.54, 1.807) is 6.07 Å². The van der Waals surface area contributed by atoms with E-state index in [0.29, 0.717) is 18.0 Å². The Hall–Kier alpha value is -3.62. The summed E-state index contributed by atoms with van der Waals surface area (Å²) in [6.45, 7) is 6.96. The molecule has 1 aliphatic heterocycles. The lowest BCUT2D eigenvalue weighted by Gasteiger charge is -2.23. The molecule has 1 unspecified atom stereocenters. The Morgan fingerprint density at radius 2 is 1.80 bits per heavy atom. The lowest BCUT2D eigenvalue weighted by Crippen LogP contribution is -2.34. The van der Waals surface area contributed by atoms with Crippen molar-refractivity contribution in [1.82, 2.24) is 9.88 Å². The first-order chi connectivity index (χ1) is 19.2. The zero-order chi connectivity index (χ0) is 30.2. The van der Waals surface area contributed by atoms with Gasteiger partial charge in [-0.05, 0) is 86.9 Å². The summed E-state index contributed by atoms with van der Waals surface area (Å²) in [6.07, 6.45) is -1.63. The van der Waals surface area contributed by atoms with Crippen molar-refractivity contribution in [3.63, 3.8) is 0 Å². The monoisotopic (exact) mass is 598 g/mol. The molecule has 10 nitrogen and oxygen atoms in total. The van der Waals surface area contributed by atoms with Crippen molar-refractivity contribution in [3.8, 4) is 11.5 Å². The van der Waals surface area contributed by atoms with Crippen LogP contribution < -0.4 is 20.1 Å². The molecule has 1 fully saturated rings. The number of pyridine rings is 1. The Morgan fingerprint density at radius 1 is 1.15 bits per heavy atom. The van der Waals surface area contributed by atoms with Gasteiger partial charge in [-0.2, -0.15) is 8.42 Å². The van der Waals surface area contributed by atoms with Gasteiger partial charge in [-0.25, -0.2) is 4.98 Å². The molecule has 2 aromatic carbocycles. The predicted octanol–water partition coefficient (Wildman–Crippen LogP) is 4.86. The molecule has 14 heteroatoms. The first-order valence-corrected chi connectivity index (χ1v) is 14.6. The van der Waals surface area contributed by atoms with Gasteiger partial charge in [0, 0.05) is 23.7 Å². The largest absolute Gasteiger partial charge is 0.573 e. The number of aryl methyl sites for hydroxylation is 1. The van der Waals surface area contributed by atoms with Gasteiger partial charge in [-0.3, -0.25) is 14.2 Å². The number of nitrogens with zero attached hydrogens (tertiary/aromatic N) is 2. The van der Waals surface area contributed by atoms with Crippen molar-refractivity contribution in [2.24, 2.45) is 0 Å². The van der Waals surface area contributed by atoms with E-state index in [1.807, 2.05) is 25.1 Å². The molecule has 224 valence electrons. The highest BCUT2D eigenvalue weighted by Crippen LogP contribution is 2.26. The summed E-state index contributed by atoms with van der Waals surface area (Å²) < 4.78 is 71.8. The van der Waals surface area contributed by atoms with Gasteiger partial charge < -0.3 is 20.1 Å². The first-order valence-electron chi connectivity index (χ1n) is 12.8. The van der Waals surface area contributed by atoms with Gasteiger partial charge in [-0.1, -0.05) is 6.92 Å². The number of nitrogens with one attached hydrogen (secondary N) is 2. The number of fused-ring (bicyclic) bond motifs is 1. The molecule has 3 N–H and O–H groups in total. The summed E-state index contributed by atoms with van der Waals surface area (Å²) in [5.41, 5.74) is 2.46. The number of anilines is 2. The Balaban J connectivity index is 0.000000850. The van der Waals surface area contributed by atoms with Crippen LogP contribution in [0.2, 0.25) is 0 Å². The summed E-state index contributed by atoms with van der Waals surface area (Å²) in [6, 6.07) is 12.9. The highest BCUT2D eigenvalue weighted by Gasteiger charge is 2.31. The van der Waals surface area contributed by atoms with E-state index in [0.717, 1.165) is 54.1 Å². The maximum absolute atomic E-state index is 12.3. The predicted molar refractivity (Wildman–Crippen MR) is 150 cm³/mol. The summed E-state index contributed by atoms with van der Waals surface area (Å²) in [7, 11) is -3.67. The molecule has 4 rings (SSSR count). The normalized spacial score (nSPS) is 15.6. The van der Waals surface area contributed by atoms with Gasteiger partial charge in [-0.15, -0.1) is 13.2 Å². The van der Waals surface area contributed by atoms with Crippen LogP contribution in [0.25, 0.3) is 10.9 Å². The molecule has 3 aromatic rings. The fraction of sp³-hybridized carbons (Fsp3) is 0.407. The lowest BCUT2D eigenvalue weighted by atomic mass is 10.1. The number of hydrogen-bond donors (Lipinski definition) is 3. The fourth-order valence-electron chi connectivity index (χ4n) is 4.41. The minimum Gasteiger partial charge on any atom is -0.484 e. The summed E-state index contributed by atoms with van der Waals surface area (Å²) >= 11 is 0. The van der Waals surface area contributed by atoms with Gasteiger partial charge in [0.1, 0.15) is 17.3 Å². The number of ether oxygens (including phenoxy) is 2. The molecule has 41 heavy (non-hydrogen) atoms. The Labute approximate surface area is 236 Å². The fourth-order valence-corrected chi connectivity index (χ4v) is 4.41. The van der Waals surface area contributed by atoms with Crippen molar-refractivity contribution in [1.29, 1.82) is 0 Å². The molecule has 0 aliphatic carbocycles.